The second-order valence-corrected chi connectivity index (χ2v) is 4.47. The van der Waals surface area contributed by atoms with Crippen molar-refractivity contribution in [2.75, 3.05) is 6.54 Å². The lowest BCUT2D eigenvalue weighted by Gasteiger charge is -2.25. The molecule has 0 aliphatic carbocycles. The monoisotopic (exact) mass is 269 g/mol. The van der Waals surface area contributed by atoms with Crippen LogP contribution in [-0.2, 0) is 9.59 Å². The molecule has 0 spiro atoms. The van der Waals surface area contributed by atoms with Crippen molar-refractivity contribution in [2.24, 2.45) is 0 Å². The molecule has 1 amide bonds. The van der Waals surface area contributed by atoms with Gasteiger partial charge in [-0.15, -0.1) is 0 Å². The van der Waals surface area contributed by atoms with Gasteiger partial charge in [-0.05, 0) is 38.1 Å². The fourth-order valence-electron chi connectivity index (χ4n) is 1.34. The van der Waals surface area contributed by atoms with Gasteiger partial charge in [0.05, 0.1) is 6.42 Å². The number of rotatable bonds is 6. The van der Waals surface area contributed by atoms with Gasteiger partial charge in [0.15, 0.2) is 5.60 Å². The molecule has 104 valence electrons. The lowest BCUT2D eigenvalue weighted by atomic mass is 10.1. The third kappa shape index (κ3) is 4.95. The summed E-state index contributed by atoms with van der Waals surface area (Å²) >= 11 is 0. The Hall–Kier alpha value is -2.11. The third-order valence-electron chi connectivity index (χ3n) is 2.36. The molecule has 2 N–H and O–H groups in total. The number of nitrogens with one attached hydrogen (secondary N) is 1. The highest BCUT2D eigenvalue weighted by Crippen LogP contribution is 2.18. The zero-order chi connectivity index (χ0) is 14.5. The number of carboxylic acid groups (broad SMARTS) is 1. The molecule has 0 bridgehead atoms. The Morgan fingerprint density at radius 3 is 2.42 bits per heavy atom. The van der Waals surface area contributed by atoms with Crippen LogP contribution in [0.25, 0.3) is 0 Å². The first-order valence-electron chi connectivity index (χ1n) is 5.76. The lowest BCUT2D eigenvalue weighted by Crippen LogP contribution is -2.47. The van der Waals surface area contributed by atoms with Gasteiger partial charge in [0.25, 0.3) is 5.91 Å². The third-order valence-corrected chi connectivity index (χ3v) is 2.36. The number of carboxylic acids is 1. The number of benzene rings is 1. The molecule has 0 fully saturated rings. The Labute approximate surface area is 110 Å². The Balaban J connectivity index is 2.56. The summed E-state index contributed by atoms with van der Waals surface area (Å²) in [5.41, 5.74) is -1.17. The van der Waals surface area contributed by atoms with Crippen molar-refractivity contribution < 1.29 is 23.8 Å². The summed E-state index contributed by atoms with van der Waals surface area (Å²) in [6.45, 7) is 3.13. The first kappa shape index (κ1) is 14.9. The fraction of sp³-hybridized carbons (Fsp3) is 0.385. The minimum atomic E-state index is -1.17. The van der Waals surface area contributed by atoms with E-state index in [1.165, 1.54) is 24.3 Å². The first-order valence-corrected chi connectivity index (χ1v) is 5.76. The molecule has 6 heteroatoms. The van der Waals surface area contributed by atoms with Crippen LogP contribution < -0.4 is 10.1 Å². The van der Waals surface area contributed by atoms with E-state index in [0.717, 1.165) is 0 Å². The van der Waals surface area contributed by atoms with Crippen LogP contribution in [-0.4, -0.2) is 29.1 Å². The van der Waals surface area contributed by atoms with Gasteiger partial charge in [0, 0.05) is 6.54 Å². The van der Waals surface area contributed by atoms with Gasteiger partial charge in [-0.1, -0.05) is 0 Å². The Morgan fingerprint density at radius 1 is 1.32 bits per heavy atom. The van der Waals surface area contributed by atoms with Gasteiger partial charge in [0.1, 0.15) is 11.6 Å². The van der Waals surface area contributed by atoms with Gasteiger partial charge in [0.2, 0.25) is 0 Å². The molecular formula is C13H16FNO4. The molecule has 19 heavy (non-hydrogen) atoms. The van der Waals surface area contributed by atoms with Gasteiger partial charge < -0.3 is 15.2 Å². The molecule has 0 heterocycles. The standard InChI is InChI=1S/C13H16FNO4/c1-13(2,12(18)15-8-7-11(16)17)19-10-5-3-9(14)4-6-10/h3-6H,7-8H2,1-2H3,(H,15,18)(H,16,17). The van der Waals surface area contributed by atoms with E-state index in [9.17, 15) is 14.0 Å². The Bertz CT molecular complexity index is 456. The smallest absolute Gasteiger partial charge is 0.305 e. The van der Waals surface area contributed by atoms with Gasteiger partial charge in [-0.3, -0.25) is 9.59 Å². The summed E-state index contributed by atoms with van der Waals surface area (Å²) in [5.74, 6) is -1.45. The molecule has 1 aromatic carbocycles. The van der Waals surface area contributed by atoms with Crippen LogP contribution in [0.2, 0.25) is 0 Å². The molecule has 0 saturated heterocycles. The van der Waals surface area contributed by atoms with E-state index in [1.54, 1.807) is 13.8 Å². The van der Waals surface area contributed by atoms with E-state index in [0.29, 0.717) is 5.75 Å². The van der Waals surface area contributed by atoms with E-state index < -0.39 is 23.3 Å². The largest absolute Gasteiger partial charge is 0.481 e. The van der Waals surface area contributed by atoms with Crippen LogP contribution in [0.15, 0.2) is 24.3 Å². The Kier molecular flexibility index (Phi) is 4.86. The molecule has 0 atom stereocenters. The second kappa shape index (κ2) is 6.17. The summed E-state index contributed by atoms with van der Waals surface area (Å²) in [6.07, 6.45) is -0.154. The topological polar surface area (TPSA) is 75.6 Å². The normalized spacial score (nSPS) is 10.9. The number of ether oxygens (including phenoxy) is 1. The average Bonchev–Trinajstić information content (AvgIpc) is 2.31. The van der Waals surface area contributed by atoms with Crippen molar-refractivity contribution in [3.8, 4) is 5.75 Å². The van der Waals surface area contributed by atoms with Crippen molar-refractivity contribution in [2.45, 2.75) is 25.9 Å². The number of carbonyl (C=O) groups is 2. The number of amides is 1. The zero-order valence-corrected chi connectivity index (χ0v) is 10.8. The van der Waals surface area contributed by atoms with Crippen molar-refractivity contribution >= 4 is 11.9 Å². The summed E-state index contributed by atoms with van der Waals surface area (Å²) in [4.78, 5) is 22.1. The van der Waals surface area contributed by atoms with Crippen LogP contribution in [0.5, 0.6) is 5.75 Å². The maximum Gasteiger partial charge on any atom is 0.305 e. The second-order valence-electron chi connectivity index (χ2n) is 4.47. The minimum Gasteiger partial charge on any atom is -0.481 e. The maximum absolute atomic E-state index is 12.7. The van der Waals surface area contributed by atoms with E-state index >= 15 is 0 Å². The van der Waals surface area contributed by atoms with Crippen molar-refractivity contribution in [3.63, 3.8) is 0 Å². The van der Waals surface area contributed by atoms with Crippen LogP contribution in [0.1, 0.15) is 20.3 Å². The van der Waals surface area contributed by atoms with Crippen molar-refractivity contribution in [1.82, 2.24) is 5.32 Å². The highest BCUT2D eigenvalue weighted by atomic mass is 19.1. The van der Waals surface area contributed by atoms with Crippen LogP contribution in [0.4, 0.5) is 4.39 Å². The van der Waals surface area contributed by atoms with E-state index in [1.807, 2.05) is 0 Å². The summed E-state index contributed by atoms with van der Waals surface area (Å²) in [7, 11) is 0. The maximum atomic E-state index is 12.7. The fourth-order valence-corrected chi connectivity index (χ4v) is 1.34. The molecule has 0 unspecified atom stereocenters. The molecule has 1 aromatic rings. The lowest BCUT2D eigenvalue weighted by molar-refractivity contribution is -0.137. The molecule has 0 aromatic heterocycles. The molecule has 1 rings (SSSR count). The van der Waals surface area contributed by atoms with Gasteiger partial charge >= 0.3 is 5.97 Å². The SMILES string of the molecule is CC(C)(Oc1ccc(F)cc1)C(=O)NCCC(=O)O. The molecular weight excluding hydrogens is 253 g/mol. The van der Waals surface area contributed by atoms with Gasteiger partial charge in [-0.25, -0.2) is 4.39 Å². The molecule has 0 radical (unpaired) electrons. The first-order chi connectivity index (χ1) is 8.81. The van der Waals surface area contributed by atoms with Crippen LogP contribution in [0.3, 0.4) is 0 Å². The average molecular weight is 269 g/mol. The van der Waals surface area contributed by atoms with Crippen LogP contribution in [0, 0.1) is 5.82 Å². The molecule has 0 aliphatic heterocycles. The summed E-state index contributed by atoms with van der Waals surface area (Å²) in [6, 6.07) is 5.30. The molecule has 0 aliphatic rings. The number of carbonyl (C=O) groups excluding carboxylic acids is 1. The van der Waals surface area contributed by atoms with E-state index in [-0.39, 0.29) is 13.0 Å². The number of aliphatic carboxylic acids is 1. The molecule has 0 saturated carbocycles. The van der Waals surface area contributed by atoms with Crippen molar-refractivity contribution in [3.05, 3.63) is 30.1 Å². The number of halogens is 1. The summed E-state index contributed by atoms with van der Waals surface area (Å²) in [5, 5.41) is 10.9. The van der Waals surface area contributed by atoms with Gasteiger partial charge in [-0.2, -0.15) is 0 Å². The number of hydrogen-bond acceptors (Lipinski definition) is 3. The summed E-state index contributed by atoms with van der Waals surface area (Å²) < 4.78 is 18.2. The van der Waals surface area contributed by atoms with Crippen LogP contribution >= 0.6 is 0 Å². The van der Waals surface area contributed by atoms with Crippen molar-refractivity contribution in [1.29, 1.82) is 0 Å². The minimum absolute atomic E-state index is 0.0321. The Morgan fingerprint density at radius 2 is 1.89 bits per heavy atom. The highest BCUT2D eigenvalue weighted by Gasteiger charge is 2.29. The highest BCUT2D eigenvalue weighted by molar-refractivity contribution is 5.85. The number of hydrogen-bond donors (Lipinski definition) is 2. The molecule has 5 nitrogen and oxygen atoms in total. The van der Waals surface area contributed by atoms with E-state index in [4.69, 9.17) is 9.84 Å². The van der Waals surface area contributed by atoms with E-state index in [2.05, 4.69) is 5.32 Å². The predicted octanol–water partition coefficient (Wildman–Crippen LogP) is 1.57. The predicted molar refractivity (Wildman–Crippen MR) is 66.4 cm³/mol. The quantitative estimate of drug-likeness (QED) is 0.822. The zero-order valence-electron chi connectivity index (χ0n) is 10.8.